The molecule has 0 aromatic heterocycles. The van der Waals surface area contributed by atoms with E-state index in [1.165, 1.54) is 0 Å². The van der Waals surface area contributed by atoms with Crippen molar-refractivity contribution in [2.45, 2.75) is 0 Å². The fraction of sp³-hybridized carbons (Fsp3) is 0. The Bertz CT molecular complexity index is 1040. The molecule has 2 radical (unpaired) electrons. The summed E-state index contributed by atoms with van der Waals surface area (Å²) < 4.78 is 0. The van der Waals surface area contributed by atoms with Gasteiger partial charge in [0.15, 0.2) is 0 Å². The van der Waals surface area contributed by atoms with Crippen LogP contribution in [0, 0.1) is 12.1 Å². The summed E-state index contributed by atoms with van der Waals surface area (Å²) >= 11 is 0. The fourth-order valence-electron chi connectivity index (χ4n) is 3.12. The Morgan fingerprint density at radius 2 is 1.35 bits per heavy atom. The first-order chi connectivity index (χ1) is 12.7. The summed E-state index contributed by atoms with van der Waals surface area (Å²) in [6, 6.07) is 34.5. The van der Waals surface area contributed by atoms with Crippen LogP contribution in [0.25, 0.3) is 33.4 Å². The lowest BCUT2D eigenvalue weighted by atomic mass is 9.89. The predicted octanol–water partition coefficient (Wildman–Crippen LogP) is 5.45. The Morgan fingerprint density at radius 1 is 0.615 bits per heavy atom. The molecule has 2 heteroatoms. The van der Waals surface area contributed by atoms with Crippen molar-refractivity contribution in [2.75, 3.05) is 11.5 Å². The van der Waals surface area contributed by atoms with Gasteiger partial charge in [0.25, 0.3) is 0 Å². The van der Waals surface area contributed by atoms with Gasteiger partial charge in [-0.3, -0.25) is 0 Å². The maximum Gasteiger partial charge on any atom is 0.0406 e. The smallest absolute Gasteiger partial charge is 0.0406 e. The van der Waals surface area contributed by atoms with Crippen molar-refractivity contribution in [3.8, 4) is 33.4 Å². The van der Waals surface area contributed by atoms with Gasteiger partial charge < -0.3 is 11.5 Å². The molecule has 0 saturated carbocycles. The van der Waals surface area contributed by atoms with Crippen LogP contribution in [0.1, 0.15) is 0 Å². The molecule has 4 N–H and O–H groups in total. The number of hydrogen-bond donors (Lipinski definition) is 2. The van der Waals surface area contributed by atoms with Crippen molar-refractivity contribution in [1.29, 1.82) is 0 Å². The molecule has 4 aromatic carbocycles. The Hall–Kier alpha value is -3.52. The zero-order chi connectivity index (χ0) is 17.9. The van der Waals surface area contributed by atoms with E-state index in [4.69, 9.17) is 11.5 Å². The van der Waals surface area contributed by atoms with E-state index in [-0.39, 0.29) is 0 Å². The molecule has 0 amide bonds. The third-order valence-corrected chi connectivity index (χ3v) is 4.40. The summed E-state index contributed by atoms with van der Waals surface area (Å²) in [6.07, 6.45) is 0. The van der Waals surface area contributed by atoms with Crippen LogP contribution in [-0.2, 0) is 0 Å². The van der Waals surface area contributed by atoms with Gasteiger partial charge in [-0.25, -0.2) is 0 Å². The van der Waals surface area contributed by atoms with E-state index >= 15 is 0 Å². The van der Waals surface area contributed by atoms with Gasteiger partial charge in [0.05, 0.1) is 0 Å². The maximum absolute atomic E-state index is 6.39. The van der Waals surface area contributed by atoms with Gasteiger partial charge in [-0.05, 0) is 34.9 Å². The van der Waals surface area contributed by atoms with Crippen molar-refractivity contribution in [3.05, 3.63) is 97.1 Å². The third-order valence-electron chi connectivity index (χ3n) is 4.40. The van der Waals surface area contributed by atoms with E-state index in [1.54, 1.807) is 0 Å². The molecule has 26 heavy (non-hydrogen) atoms. The van der Waals surface area contributed by atoms with Crippen LogP contribution in [0.2, 0.25) is 0 Å². The second-order valence-electron chi connectivity index (χ2n) is 6.12. The monoisotopic (exact) mass is 334 g/mol. The highest BCUT2D eigenvalue weighted by Crippen LogP contribution is 2.40. The zero-order valence-electron chi connectivity index (χ0n) is 14.2. The SMILES string of the molecule is Nc1cc(-c2ccccc2)c(-c2ccccc2N)[c]c1-c1[c]cccc1. The summed E-state index contributed by atoms with van der Waals surface area (Å²) in [5.41, 5.74) is 19.8. The summed E-state index contributed by atoms with van der Waals surface area (Å²) in [7, 11) is 0. The van der Waals surface area contributed by atoms with Crippen LogP contribution in [0.4, 0.5) is 11.4 Å². The Balaban J connectivity index is 2.01. The van der Waals surface area contributed by atoms with Gasteiger partial charge in [0.1, 0.15) is 0 Å². The highest BCUT2D eigenvalue weighted by Gasteiger charge is 2.15. The molecule has 2 nitrogen and oxygen atoms in total. The molecule has 124 valence electrons. The molecule has 4 rings (SSSR count). The second kappa shape index (κ2) is 6.77. The zero-order valence-corrected chi connectivity index (χ0v) is 14.2. The van der Waals surface area contributed by atoms with E-state index < -0.39 is 0 Å². The van der Waals surface area contributed by atoms with Crippen LogP contribution in [0.3, 0.4) is 0 Å². The Morgan fingerprint density at radius 3 is 2.08 bits per heavy atom. The molecule has 0 aliphatic carbocycles. The highest BCUT2D eigenvalue weighted by atomic mass is 14.6. The van der Waals surface area contributed by atoms with Crippen molar-refractivity contribution < 1.29 is 0 Å². The predicted molar refractivity (Wildman–Crippen MR) is 109 cm³/mol. The van der Waals surface area contributed by atoms with Crippen LogP contribution in [0.5, 0.6) is 0 Å². The van der Waals surface area contributed by atoms with E-state index in [0.29, 0.717) is 11.4 Å². The molecule has 0 aliphatic rings. The van der Waals surface area contributed by atoms with Crippen molar-refractivity contribution in [3.63, 3.8) is 0 Å². The van der Waals surface area contributed by atoms with Crippen LogP contribution >= 0.6 is 0 Å². The number of para-hydroxylation sites is 1. The lowest BCUT2D eigenvalue weighted by molar-refractivity contribution is 1.54. The summed E-state index contributed by atoms with van der Waals surface area (Å²) in [6.45, 7) is 0. The first kappa shape index (κ1) is 16.0. The molecular weight excluding hydrogens is 316 g/mol. The third kappa shape index (κ3) is 2.93. The molecule has 0 atom stereocenters. The minimum absolute atomic E-state index is 0.671. The molecule has 0 spiro atoms. The molecule has 0 saturated heterocycles. The molecule has 0 bridgehead atoms. The number of benzene rings is 4. The standard InChI is InChI=1S/C24H18N2/c25-23-14-8-7-13-19(23)22-15-21(18-11-5-2-6-12-18)24(26)16-20(22)17-9-3-1-4-10-17/h1-11,13-14,16H,25-26H2. The number of rotatable bonds is 3. The van der Waals surface area contributed by atoms with Crippen LogP contribution < -0.4 is 11.5 Å². The van der Waals surface area contributed by atoms with Crippen molar-refractivity contribution >= 4 is 11.4 Å². The minimum atomic E-state index is 0.671. The molecule has 0 fully saturated rings. The number of nitrogens with two attached hydrogens (primary N) is 2. The van der Waals surface area contributed by atoms with E-state index in [1.807, 2.05) is 72.8 Å². The van der Waals surface area contributed by atoms with E-state index in [9.17, 15) is 0 Å². The van der Waals surface area contributed by atoms with E-state index in [0.717, 1.165) is 33.4 Å². The first-order valence-corrected chi connectivity index (χ1v) is 8.47. The summed E-state index contributed by atoms with van der Waals surface area (Å²) in [5, 5.41) is 0. The number of anilines is 2. The fourth-order valence-corrected chi connectivity index (χ4v) is 3.12. The first-order valence-electron chi connectivity index (χ1n) is 8.47. The number of nitrogen functional groups attached to an aromatic ring is 2. The maximum atomic E-state index is 6.39. The summed E-state index contributed by atoms with van der Waals surface area (Å²) in [5.74, 6) is 0. The highest BCUT2D eigenvalue weighted by molar-refractivity contribution is 5.94. The largest absolute Gasteiger partial charge is 0.398 e. The topological polar surface area (TPSA) is 52.0 Å². The summed E-state index contributed by atoms with van der Waals surface area (Å²) in [4.78, 5) is 0. The van der Waals surface area contributed by atoms with E-state index in [2.05, 4.69) is 24.3 Å². The molecule has 0 heterocycles. The lowest BCUT2D eigenvalue weighted by Gasteiger charge is -2.16. The van der Waals surface area contributed by atoms with Gasteiger partial charge in [0, 0.05) is 34.1 Å². The Kier molecular flexibility index (Phi) is 4.16. The lowest BCUT2D eigenvalue weighted by Crippen LogP contribution is -1.97. The van der Waals surface area contributed by atoms with Crippen LogP contribution in [0.15, 0.2) is 84.9 Å². The minimum Gasteiger partial charge on any atom is -0.398 e. The molecule has 0 aliphatic heterocycles. The van der Waals surface area contributed by atoms with Crippen molar-refractivity contribution in [2.24, 2.45) is 0 Å². The molecule has 4 aromatic rings. The van der Waals surface area contributed by atoms with Gasteiger partial charge in [-0.2, -0.15) is 0 Å². The van der Waals surface area contributed by atoms with Crippen molar-refractivity contribution in [1.82, 2.24) is 0 Å². The average molecular weight is 334 g/mol. The van der Waals surface area contributed by atoms with Gasteiger partial charge in [0.2, 0.25) is 0 Å². The quantitative estimate of drug-likeness (QED) is 0.489. The Labute approximate surface area is 153 Å². The average Bonchev–Trinajstić information content (AvgIpc) is 2.70. The number of hydrogen-bond acceptors (Lipinski definition) is 2. The molecule has 0 unspecified atom stereocenters. The van der Waals surface area contributed by atoms with Gasteiger partial charge in [-0.15, -0.1) is 0 Å². The van der Waals surface area contributed by atoms with Crippen LogP contribution in [-0.4, -0.2) is 0 Å². The molecular formula is C24H18N2. The van der Waals surface area contributed by atoms with Gasteiger partial charge in [-0.1, -0.05) is 72.8 Å². The normalized spacial score (nSPS) is 10.6. The second-order valence-corrected chi connectivity index (χ2v) is 6.12. The van der Waals surface area contributed by atoms with Gasteiger partial charge >= 0.3 is 0 Å².